The fourth-order valence-electron chi connectivity index (χ4n) is 3.72. The number of likely N-dealkylation sites (N-methyl/N-ethyl adjacent to an activating group) is 2. The summed E-state index contributed by atoms with van der Waals surface area (Å²) in [7, 11) is 4.22. The van der Waals surface area contributed by atoms with E-state index in [1.54, 1.807) is 6.07 Å². The van der Waals surface area contributed by atoms with Gasteiger partial charge in [0, 0.05) is 24.7 Å². The van der Waals surface area contributed by atoms with Crippen molar-refractivity contribution in [2.24, 2.45) is 0 Å². The first-order chi connectivity index (χ1) is 8.93. The average molecular weight is 262 g/mol. The van der Waals surface area contributed by atoms with Gasteiger partial charge >= 0.3 is 6.16 Å². The molecule has 2 aliphatic rings. The topological polar surface area (TPSA) is 53.0 Å². The van der Waals surface area contributed by atoms with Crippen LogP contribution in [0.4, 0.5) is 10.5 Å². The molecule has 5 nitrogen and oxygen atoms in total. The molecule has 0 bridgehead atoms. The summed E-state index contributed by atoms with van der Waals surface area (Å²) in [6, 6.07) is 5.54. The first-order valence-electron chi connectivity index (χ1n) is 6.42. The van der Waals surface area contributed by atoms with Gasteiger partial charge in [-0.05, 0) is 37.2 Å². The van der Waals surface area contributed by atoms with E-state index in [4.69, 9.17) is 9.84 Å². The maximum absolute atomic E-state index is 10.7. The summed E-state index contributed by atoms with van der Waals surface area (Å²) in [6.07, 6.45) is 0.140. The zero-order chi connectivity index (χ0) is 13.8. The minimum atomic E-state index is -1.27. The average Bonchev–Trinajstić information content (AvgIpc) is 2.75. The van der Waals surface area contributed by atoms with Gasteiger partial charge in [0.15, 0.2) is 0 Å². The molecule has 102 valence electrons. The van der Waals surface area contributed by atoms with Gasteiger partial charge in [-0.2, -0.15) is 0 Å². The second-order valence-corrected chi connectivity index (χ2v) is 5.68. The first-order valence-corrected chi connectivity index (χ1v) is 6.42. The molecule has 19 heavy (non-hydrogen) atoms. The zero-order valence-corrected chi connectivity index (χ0v) is 11.4. The third-order valence-corrected chi connectivity index (χ3v) is 4.51. The van der Waals surface area contributed by atoms with Gasteiger partial charge in [0.1, 0.15) is 5.75 Å². The van der Waals surface area contributed by atoms with Crippen LogP contribution in [0.5, 0.6) is 5.75 Å². The molecule has 0 saturated carbocycles. The van der Waals surface area contributed by atoms with E-state index in [1.807, 2.05) is 12.1 Å². The fourth-order valence-corrected chi connectivity index (χ4v) is 3.72. The summed E-state index contributed by atoms with van der Waals surface area (Å²) in [5.74, 6) is 0.399. The number of nitrogens with zero attached hydrogens (tertiary/aromatic N) is 2. The van der Waals surface area contributed by atoms with E-state index in [0.29, 0.717) is 11.9 Å². The molecule has 0 amide bonds. The summed E-state index contributed by atoms with van der Waals surface area (Å²) >= 11 is 0. The molecule has 1 aromatic rings. The van der Waals surface area contributed by atoms with E-state index >= 15 is 0 Å². The van der Waals surface area contributed by atoms with Crippen molar-refractivity contribution < 1.29 is 14.6 Å². The number of rotatable bonds is 1. The number of carboxylic acid groups (broad SMARTS) is 1. The normalized spacial score (nSPS) is 29.2. The van der Waals surface area contributed by atoms with E-state index in [2.05, 4.69) is 30.8 Å². The molecule has 1 saturated heterocycles. The van der Waals surface area contributed by atoms with Crippen LogP contribution in [-0.2, 0) is 5.41 Å². The minimum absolute atomic E-state index is 0.0384. The standard InChI is InChI=1S/C14H18N2O3/c1-14-6-7-15(2)12(14)16(3)11-5-4-9(8-10(11)14)19-13(17)18/h4-5,8,12H,6-7H2,1-3H3,(H,17,18)/t12-,14-/m0/s1. The van der Waals surface area contributed by atoms with Crippen molar-refractivity contribution in [3.05, 3.63) is 23.8 Å². The summed E-state index contributed by atoms with van der Waals surface area (Å²) in [5, 5.41) is 8.72. The van der Waals surface area contributed by atoms with Crippen LogP contribution in [0.1, 0.15) is 18.9 Å². The largest absolute Gasteiger partial charge is 0.511 e. The quantitative estimate of drug-likeness (QED) is 0.620. The summed E-state index contributed by atoms with van der Waals surface area (Å²) in [4.78, 5) is 15.3. The van der Waals surface area contributed by atoms with Crippen LogP contribution >= 0.6 is 0 Å². The van der Waals surface area contributed by atoms with Gasteiger partial charge in [0.2, 0.25) is 0 Å². The molecule has 5 heteroatoms. The molecule has 0 aromatic heterocycles. The molecule has 0 unspecified atom stereocenters. The molecule has 1 N–H and O–H groups in total. The smallest absolute Gasteiger partial charge is 0.449 e. The Bertz CT molecular complexity index is 545. The molecule has 2 heterocycles. The molecule has 2 atom stereocenters. The van der Waals surface area contributed by atoms with Gasteiger partial charge in [-0.1, -0.05) is 6.92 Å². The third kappa shape index (κ3) is 1.61. The van der Waals surface area contributed by atoms with Crippen LogP contribution in [-0.4, -0.2) is 43.0 Å². The first kappa shape index (κ1) is 12.3. The van der Waals surface area contributed by atoms with Crippen molar-refractivity contribution in [3.8, 4) is 5.75 Å². The Morgan fingerprint density at radius 3 is 2.89 bits per heavy atom. The van der Waals surface area contributed by atoms with Crippen molar-refractivity contribution >= 4 is 11.8 Å². The molecule has 2 aliphatic heterocycles. The van der Waals surface area contributed by atoms with Gasteiger partial charge in [-0.25, -0.2) is 4.79 Å². The minimum Gasteiger partial charge on any atom is -0.449 e. The molecule has 3 rings (SSSR count). The highest BCUT2D eigenvalue weighted by Crippen LogP contribution is 2.51. The highest BCUT2D eigenvalue weighted by Gasteiger charge is 2.52. The lowest BCUT2D eigenvalue weighted by Gasteiger charge is -2.32. The highest BCUT2D eigenvalue weighted by atomic mass is 16.7. The Labute approximate surface area is 112 Å². The number of hydrogen-bond acceptors (Lipinski definition) is 4. The second kappa shape index (κ2) is 3.87. The number of benzene rings is 1. The second-order valence-electron chi connectivity index (χ2n) is 5.68. The predicted molar refractivity (Wildman–Crippen MR) is 71.9 cm³/mol. The molecular weight excluding hydrogens is 244 g/mol. The van der Waals surface area contributed by atoms with Crippen LogP contribution in [0.3, 0.4) is 0 Å². The van der Waals surface area contributed by atoms with E-state index in [9.17, 15) is 4.79 Å². The highest BCUT2D eigenvalue weighted by molar-refractivity contribution is 5.68. The number of fused-ring (bicyclic) bond motifs is 3. The lowest BCUT2D eigenvalue weighted by Crippen LogP contribution is -2.45. The number of anilines is 1. The monoisotopic (exact) mass is 262 g/mol. The number of ether oxygens (including phenoxy) is 1. The van der Waals surface area contributed by atoms with Crippen molar-refractivity contribution in [3.63, 3.8) is 0 Å². The Balaban J connectivity index is 2.06. The van der Waals surface area contributed by atoms with Gasteiger partial charge < -0.3 is 14.7 Å². The SMILES string of the molecule is CN1CC[C@@]2(C)c3cc(OC(=O)O)ccc3N(C)[C@H]12. The number of likely N-dealkylation sites (tertiary alicyclic amines) is 1. The molecule has 1 aromatic carbocycles. The van der Waals surface area contributed by atoms with Crippen LogP contribution in [0.2, 0.25) is 0 Å². The lowest BCUT2D eigenvalue weighted by atomic mass is 9.81. The number of carbonyl (C=O) groups is 1. The third-order valence-electron chi connectivity index (χ3n) is 4.51. The van der Waals surface area contributed by atoms with Crippen molar-refractivity contribution in [1.82, 2.24) is 4.90 Å². The van der Waals surface area contributed by atoms with Gasteiger partial charge in [-0.15, -0.1) is 0 Å². The van der Waals surface area contributed by atoms with Crippen molar-refractivity contribution in [1.29, 1.82) is 0 Å². The summed E-state index contributed by atoms with van der Waals surface area (Å²) in [6.45, 7) is 3.29. The van der Waals surface area contributed by atoms with E-state index < -0.39 is 6.16 Å². The van der Waals surface area contributed by atoms with Gasteiger partial charge in [0.05, 0.1) is 6.17 Å². The fraction of sp³-hybridized carbons (Fsp3) is 0.500. The van der Waals surface area contributed by atoms with Crippen molar-refractivity contribution in [2.75, 3.05) is 25.5 Å². The lowest BCUT2D eigenvalue weighted by molar-refractivity contribution is 0.144. The maximum atomic E-state index is 10.7. The Morgan fingerprint density at radius 2 is 2.21 bits per heavy atom. The van der Waals surface area contributed by atoms with E-state index in [1.165, 1.54) is 5.56 Å². The van der Waals surface area contributed by atoms with Crippen LogP contribution in [0, 0.1) is 0 Å². The Morgan fingerprint density at radius 1 is 1.47 bits per heavy atom. The maximum Gasteiger partial charge on any atom is 0.511 e. The zero-order valence-electron chi connectivity index (χ0n) is 11.4. The predicted octanol–water partition coefficient (Wildman–Crippen LogP) is 2.11. The van der Waals surface area contributed by atoms with Crippen LogP contribution in [0.15, 0.2) is 18.2 Å². The Kier molecular flexibility index (Phi) is 2.50. The molecule has 0 aliphatic carbocycles. The van der Waals surface area contributed by atoms with Crippen molar-refractivity contribution in [2.45, 2.75) is 24.9 Å². The summed E-state index contributed by atoms with van der Waals surface area (Å²) < 4.78 is 4.78. The van der Waals surface area contributed by atoms with Gasteiger partial charge in [0.25, 0.3) is 0 Å². The number of hydrogen-bond donors (Lipinski definition) is 1. The van der Waals surface area contributed by atoms with Crippen LogP contribution in [0.25, 0.3) is 0 Å². The molecule has 1 fully saturated rings. The molecule has 0 radical (unpaired) electrons. The van der Waals surface area contributed by atoms with Gasteiger partial charge in [-0.3, -0.25) is 4.90 Å². The van der Waals surface area contributed by atoms with E-state index in [0.717, 1.165) is 18.7 Å². The molecular formula is C14H18N2O3. The van der Waals surface area contributed by atoms with E-state index in [-0.39, 0.29) is 5.41 Å². The van der Waals surface area contributed by atoms with Crippen LogP contribution < -0.4 is 9.64 Å². The Hall–Kier alpha value is -1.75. The summed E-state index contributed by atoms with van der Waals surface area (Å²) in [5.41, 5.74) is 2.39. The molecule has 0 spiro atoms.